The number of hydrogen-bond donors (Lipinski definition) is 1. The molecule has 1 N–H and O–H groups in total. The molecule has 0 radical (unpaired) electrons. The fraction of sp³-hybridized carbons (Fsp3) is 0.438. The number of hydrogen-bond acceptors (Lipinski definition) is 4. The molecule has 2 atom stereocenters. The number of nitrogens with one attached hydrogen (secondary N) is 1. The quantitative estimate of drug-likeness (QED) is 0.894. The first kappa shape index (κ1) is 14.5. The van der Waals surface area contributed by atoms with Crippen LogP contribution in [0.15, 0.2) is 17.1 Å². The van der Waals surface area contributed by atoms with E-state index in [1.807, 2.05) is 0 Å². The summed E-state index contributed by atoms with van der Waals surface area (Å²) in [6, 6.07) is 3.23. The van der Waals surface area contributed by atoms with Gasteiger partial charge in [-0.15, -0.1) is 0 Å². The average molecular weight is 334 g/mol. The second kappa shape index (κ2) is 5.23. The van der Waals surface area contributed by atoms with Crippen molar-refractivity contribution in [2.75, 3.05) is 25.1 Å². The SMILES string of the molecule is CN1C(=O)COc2c(C(=O)N[C@H]3C4=NCCC3C4)cc(Cl)cc21. The number of ether oxygens (including phenoxy) is 1. The molecule has 3 aliphatic rings. The van der Waals surface area contributed by atoms with Gasteiger partial charge in [-0.25, -0.2) is 0 Å². The summed E-state index contributed by atoms with van der Waals surface area (Å²) >= 11 is 6.12. The van der Waals surface area contributed by atoms with Crippen LogP contribution in [0.4, 0.5) is 5.69 Å². The van der Waals surface area contributed by atoms with Crippen LogP contribution < -0.4 is 15.0 Å². The molecule has 4 rings (SSSR count). The van der Waals surface area contributed by atoms with Gasteiger partial charge in [0.2, 0.25) is 0 Å². The Morgan fingerprint density at radius 3 is 3.00 bits per heavy atom. The summed E-state index contributed by atoms with van der Waals surface area (Å²) in [5.41, 5.74) is 1.95. The van der Waals surface area contributed by atoms with Gasteiger partial charge in [0.1, 0.15) is 0 Å². The molecule has 0 saturated heterocycles. The smallest absolute Gasteiger partial charge is 0.264 e. The van der Waals surface area contributed by atoms with Gasteiger partial charge in [0.05, 0.1) is 17.3 Å². The number of fused-ring (bicyclic) bond motifs is 3. The lowest BCUT2D eigenvalue weighted by Gasteiger charge is -2.42. The molecule has 2 heterocycles. The van der Waals surface area contributed by atoms with Gasteiger partial charge in [0.15, 0.2) is 12.4 Å². The van der Waals surface area contributed by atoms with Crippen molar-refractivity contribution in [2.45, 2.75) is 18.9 Å². The molecule has 1 aliphatic carbocycles. The van der Waals surface area contributed by atoms with Crippen LogP contribution in [0, 0.1) is 5.92 Å². The van der Waals surface area contributed by atoms with E-state index in [1.165, 1.54) is 4.90 Å². The Hall–Kier alpha value is -2.08. The van der Waals surface area contributed by atoms with Crippen molar-refractivity contribution in [3.63, 3.8) is 0 Å². The number of anilines is 1. The Bertz CT molecular complexity index is 746. The number of amides is 2. The maximum atomic E-state index is 12.7. The normalized spacial score (nSPS) is 25.0. The molecule has 7 heteroatoms. The highest BCUT2D eigenvalue weighted by Crippen LogP contribution is 2.38. The molecule has 120 valence electrons. The summed E-state index contributed by atoms with van der Waals surface area (Å²) in [4.78, 5) is 30.3. The van der Waals surface area contributed by atoms with Crippen molar-refractivity contribution in [1.29, 1.82) is 0 Å². The van der Waals surface area contributed by atoms with Gasteiger partial charge in [-0.3, -0.25) is 14.6 Å². The zero-order chi connectivity index (χ0) is 16.1. The van der Waals surface area contributed by atoms with Crippen LogP contribution >= 0.6 is 11.6 Å². The third-order valence-corrected chi connectivity index (χ3v) is 4.98. The molecule has 2 aliphatic heterocycles. The molecule has 1 aromatic carbocycles. The molecule has 2 amide bonds. The number of aliphatic imine (C=N–C) groups is 1. The van der Waals surface area contributed by atoms with E-state index in [0.29, 0.717) is 27.9 Å². The first-order valence-corrected chi connectivity index (χ1v) is 7.99. The summed E-state index contributed by atoms with van der Waals surface area (Å²) in [6.07, 6.45) is 1.99. The number of carbonyl (C=O) groups is 2. The summed E-state index contributed by atoms with van der Waals surface area (Å²) in [5, 5.41) is 3.42. The second-order valence-corrected chi connectivity index (χ2v) is 6.56. The van der Waals surface area contributed by atoms with Crippen LogP contribution in [-0.2, 0) is 4.79 Å². The monoisotopic (exact) mass is 333 g/mol. The molecule has 1 saturated carbocycles. The molecule has 6 nitrogen and oxygen atoms in total. The number of likely N-dealkylation sites (N-methyl/N-ethyl adjacent to an activating group) is 1. The number of rotatable bonds is 2. The van der Waals surface area contributed by atoms with Crippen molar-refractivity contribution in [3.8, 4) is 5.75 Å². The van der Waals surface area contributed by atoms with Crippen molar-refractivity contribution < 1.29 is 14.3 Å². The number of halogens is 1. The van der Waals surface area contributed by atoms with E-state index < -0.39 is 0 Å². The molecule has 2 bridgehead atoms. The van der Waals surface area contributed by atoms with Crippen molar-refractivity contribution >= 4 is 34.8 Å². The maximum absolute atomic E-state index is 12.7. The van der Waals surface area contributed by atoms with Crippen molar-refractivity contribution in [2.24, 2.45) is 10.9 Å². The third kappa shape index (κ3) is 2.28. The van der Waals surface area contributed by atoms with E-state index in [4.69, 9.17) is 16.3 Å². The van der Waals surface area contributed by atoms with E-state index in [1.54, 1.807) is 19.2 Å². The van der Waals surface area contributed by atoms with Gasteiger partial charge in [0, 0.05) is 24.3 Å². The second-order valence-electron chi connectivity index (χ2n) is 6.12. The molecule has 0 spiro atoms. The molecule has 1 fully saturated rings. The largest absolute Gasteiger partial charge is 0.481 e. The third-order valence-electron chi connectivity index (χ3n) is 4.76. The standard InChI is InChI=1S/C16H16ClN3O3/c1-20-12-6-9(17)5-10(15(12)23-7-13(20)21)16(22)19-14-8-2-3-18-11(14)4-8/h5-6,8,14H,2-4,7H2,1H3,(H,19,22)/t8?,14-/m1/s1. The molecule has 1 aromatic rings. The van der Waals surface area contributed by atoms with E-state index in [-0.39, 0.29) is 24.5 Å². The number of nitrogens with zero attached hydrogens (tertiary/aromatic N) is 2. The molecule has 23 heavy (non-hydrogen) atoms. The predicted octanol–water partition coefficient (Wildman–Crippen LogP) is 1.66. The topological polar surface area (TPSA) is 71.0 Å². The fourth-order valence-electron chi connectivity index (χ4n) is 3.36. The zero-order valence-corrected chi connectivity index (χ0v) is 13.4. The summed E-state index contributed by atoms with van der Waals surface area (Å²) < 4.78 is 5.50. The Morgan fingerprint density at radius 1 is 1.48 bits per heavy atom. The number of carbonyl (C=O) groups excluding carboxylic acids is 2. The van der Waals surface area contributed by atoms with Gasteiger partial charge < -0.3 is 15.0 Å². The molecular weight excluding hydrogens is 318 g/mol. The van der Waals surface area contributed by atoms with Crippen molar-refractivity contribution in [3.05, 3.63) is 22.7 Å². The Balaban J connectivity index is 1.65. The lowest BCUT2D eigenvalue weighted by atomic mass is 9.73. The fourth-order valence-corrected chi connectivity index (χ4v) is 3.58. The van der Waals surface area contributed by atoms with Gasteiger partial charge in [0.25, 0.3) is 11.8 Å². The van der Waals surface area contributed by atoms with Crippen LogP contribution in [0.1, 0.15) is 23.2 Å². The summed E-state index contributed by atoms with van der Waals surface area (Å²) in [7, 11) is 1.65. The minimum absolute atomic E-state index is 0.0221. The average Bonchev–Trinajstić information content (AvgIpc) is 2.56. The first-order valence-electron chi connectivity index (χ1n) is 7.61. The molecule has 0 aromatic heterocycles. The lowest BCUT2D eigenvalue weighted by Crippen LogP contribution is -2.56. The highest BCUT2D eigenvalue weighted by Gasteiger charge is 2.41. The van der Waals surface area contributed by atoms with E-state index >= 15 is 0 Å². The highest BCUT2D eigenvalue weighted by molar-refractivity contribution is 6.31. The van der Waals surface area contributed by atoms with Gasteiger partial charge in [-0.2, -0.15) is 0 Å². The van der Waals surface area contributed by atoms with Crippen LogP contribution in [0.25, 0.3) is 0 Å². The van der Waals surface area contributed by atoms with E-state index in [2.05, 4.69) is 10.3 Å². The van der Waals surface area contributed by atoms with Crippen molar-refractivity contribution in [1.82, 2.24) is 5.32 Å². The zero-order valence-electron chi connectivity index (χ0n) is 12.6. The minimum Gasteiger partial charge on any atom is -0.481 e. The van der Waals surface area contributed by atoms with Crippen LogP contribution in [0.5, 0.6) is 5.75 Å². The summed E-state index contributed by atoms with van der Waals surface area (Å²) in [6.45, 7) is 0.777. The minimum atomic E-state index is -0.240. The Kier molecular flexibility index (Phi) is 3.30. The highest BCUT2D eigenvalue weighted by atomic mass is 35.5. The summed E-state index contributed by atoms with van der Waals surface area (Å²) in [5.74, 6) is 0.469. The van der Waals surface area contributed by atoms with Gasteiger partial charge in [-0.1, -0.05) is 11.6 Å². The van der Waals surface area contributed by atoms with Gasteiger partial charge >= 0.3 is 0 Å². The molecule has 1 unspecified atom stereocenters. The maximum Gasteiger partial charge on any atom is 0.264 e. The Labute approximate surface area is 138 Å². The van der Waals surface area contributed by atoms with Crippen LogP contribution in [0.2, 0.25) is 5.02 Å². The number of benzene rings is 1. The molecular formula is C16H16ClN3O3. The van der Waals surface area contributed by atoms with Crippen LogP contribution in [0.3, 0.4) is 0 Å². The van der Waals surface area contributed by atoms with E-state index in [9.17, 15) is 9.59 Å². The lowest BCUT2D eigenvalue weighted by molar-refractivity contribution is -0.121. The van der Waals surface area contributed by atoms with E-state index in [0.717, 1.165) is 25.1 Å². The van der Waals surface area contributed by atoms with Gasteiger partial charge in [-0.05, 0) is 30.9 Å². The van der Waals surface area contributed by atoms with Crippen LogP contribution in [-0.4, -0.2) is 43.8 Å². The predicted molar refractivity (Wildman–Crippen MR) is 86.6 cm³/mol. The first-order chi connectivity index (χ1) is 11.0. The Morgan fingerprint density at radius 2 is 2.30 bits per heavy atom.